The number of carbonyl (C=O) groups excluding carboxylic acids is 1. The molecule has 4 rings (SSSR count). The Kier molecular flexibility index (Phi) is 6.10. The molecule has 188 valence electrons. The van der Waals surface area contributed by atoms with Crippen molar-refractivity contribution in [1.29, 1.82) is 0 Å². The van der Waals surface area contributed by atoms with Gasteiger partial charge < -0.3 is 10.2 Å². The Hall–Kier alpha value is -0.670. The second kappa shape index (κ2) is 7.92. The van der Waals surface area contributed by atoms with Crippen molar-refractivity contribution in [2.45, 2.75) is 131 Å². The molecule has 0 radical (unpaired) electrons. The quantitative estimate of drug-likeness (QED) is 0.443. The Balaban J connectivity index is 1.61. The summed E-state index contributed by atoms with van der Waals surface area (Å²) in [6, 6.07) is 0. The lowest BCUT2D eigenvalue weighted by molar-refractivity contribution is -0.139. The van der Waals surface area contributed by atoms with E-state index in [2.05, 4.69) is 41.5 Å². The first-order valence-corrected chi connectivity index (χ1v) is 13.8. The molecule has 0 spiro atoms. The van der Waals surface area contributed by atoms with Gasteiger partial charge in [-0.25, -0.2) is 0 Å². The lowest BCUT2D eigenvalue weighted by Crippen LogP contribution is -2.53. The highest BCUT2D eigenvalue weighted by Crippen LogP contribution is 2.72. The zero-order valence-corrected chi connectivity index (χ0v) is 22.7. The first kappa shape index (κ1) is 25.4. The molecule has 0 aromatic rings. The van der Waals surface area contributed by atoms with E-state index < -0.39 is 11.7 Å². The molecule has 0 heterocycles. The minimum Gasteiger partial charge on any atom is -0.390 e. The SMILES string of the molecule is C[C@@H](CCC(O)C(C)(C)O)C1CC[C@@]2(C)C3=C(CC[C@]12C)[C@@]1(C)CCC(=O)C(C)(C)C1CC3. The normalized spacial score (nSPS) is 42.4. The summed E-state index contributed by atoms with van der Waals surface area (Å²) >= 11 is 0. The highest BCUT2D eigenvalue weighted by atomic mass is 16.3. The van der Waals surface area contributed by atoms with Crippen molar-refractivity contribution in [2.75, 3.05) is 0 Å². The minimum atomic E-state index is -1.03. The molecule has 33 heavy (non-hydrogen) atoms. The molecule has 2 N–H and O–H groups in total. The summed E-state index contributed by atoms with van der Waals surface area (Å²) in [7, 11) is 0. The largest absolute Gasteiger partial charge is 0.390 e. The number of carbonyl (C=O) groups is 1. The highest BCUT2D eigenvalue weighted by molar-refractivity contribution is 5.85. The van der Waals surface area contributed by atoms with Gasteiger partial charge in [-0.3, -0.25) is 4.79 Å². The van der Waals surface area contributed by atoms with Crippen LogP contribution in [-0.4, -0.2) is 27.7 Å². The fourth-order valence-corrected chi connectivity index (χ4v) is 9.42. The topological polar surface area (TPSA) is 57.5 Å². The van der Waals surface area contributed by atoms with E-state index in [1.807, 2.05) is 0 Å². The summed E-state index contributed by atoms with van der Waals surface area (Å²) in [6.07, 6.45) is 10.1. The van der Waals surface area contributed by atoms with E-state index >= 15 is 0 Å². The van der Waals surface area contributed by atoms with E-state index in [1.54, 1.807) is 25.0 Å². The van der Waals surface area contributed by atoms with Gasteiger partial charge >= 0.3 is 0 Å². The van der Waals surface area contributed by atoms with Gasteiger partial charge in [0, 0.05) is 11.8 Å². The molecule has 3 unspecified atom stereocenters. The molecule has 4 aliphatic carbocycles. The number of rotatable bonds is 5. The number of hydrogen-bond acceptors (Lipinski definition) is 3. The molecule has 7 atom stereocenters. The zero-order valence-electron chi connectivity index (χ0n) is 22.7. The first-order valence-electron chi connectivity index (χ1n) is 13.8. The standard InChI is InChI=1S/C30H50O3/c1-19(9-12-25(32)27(4,5)33)20-13-17-30(8)22-10-11-23-26(2,3)24(31)15-16-28(23,6)21(22)14-18-29(20,30)7/h19-20,23,25,32-33H,9-18H2,1-8H3/t19-,20?,23?,25?,28+,29+,30-/m0/s1. The lowest BCUT2D eigenvalue weighted by Gasteiger charge is -2.61. The van der Waals surface area contributed by atoms with Crippen LogP contribution in [0.5, 0.6) is 0 Å². The highest BCUT2D eigenvalue weighted by Gasteiger charge is 2.63. The third-order valence-electron chi connectivity index (χ3n) is 12.0. The summed E-state index contributed by atoms with van der Waals surface area (Å²) in [4.78, 5) is 12.8. The molecular formula is C30H50O3. The third kappa shape index (κ3) is 3.62. The van der Waals surface area contributed by atoms with Gasteiger partial charge in [0.05, 0.1) is 11.7 Å². The number of Topliss-reactive ketones (excluding diaryl/α,β-unsaturated/α-hetero) is 1. The van der Waals surface area contributed by atoms with E-state index in [1.165, 1.54) is 32.1 Å². The maximum Gasteiger partial charge on any atom is 0.138 e. The number of aliphatic hydroxyl groups is 2. The van der Waals surface area contributed by atoms with E-state index in [-0.39, 0.29) is 16.2 Å². The number of aliphatic hydroxyl groups excluding tert-OH is 1. The Morgan fingerprint density at radius 3 is 2.24 bits per heavy atom. The molecule has 3 nitrogen and oxygen atoms in total. The van der Waals surface area contributed by atoms with E-state index in [0.717, 1.165) is 25.7 Å². The average Bonchev–Trinajstić information content (AvgIpc) is 3.00. The Morgan fingerprint density at radius 2 is 1.61 bits per heavy atom. The van der Waals surface area contributed by atoms with E-state index in [9.17, 15) is 15.0 Å². The molecule has 0 aliphatic heterocycles. The van der Waals surface area contributed by atoms with Crippen molar-refractivity contribution in [3.8, 4) is 0 Å². The van der Waals surface area contributed by atoms with Crippen LogP contribution in [0, 0.1) is 39.4 Å². The summed E-state index contributed by atoms with van der Waals surface area (Å²) < 4.78 is 0. The molecule has 0 aromatic heterocycles. The molecule has 0 aromatic carbocycles. The van der Waals surface area contributed by atoms with Crippen molar-refractivity contribution >= 4 is 5.78 Å². The first-order chi connectivity index (χ1) is 15.1. The molecule has 3 heteroatoms. The number of fused-ring (bicyclic) bond motifs is 4. The van der Waals surface area contributed by atoms with Crippen LogP contribution in [0.25, 0.3) is 0 Å². The van der Waals surface area contributed by atoms with Gasteiger partial charge in [0.15, 0.2) is 0 Å². The van der Waals surface area contributed by atoms with Crippen molar-refractivity contribution in [2.24, 2.45) is 39.4 Å². The second-order valence-corrected chi connectivity index (χ2v) is 14.2. The van der Waals surface area contributed by atoms with Crippen LogP contribution in [0.2, 0.25) is 0 Å². The van der Waals surface area contributed by atoms with Crippen LogP contribution >= 0.6 is 0 Å². The van der Waals surface area contributed by atoms with Gasteiger partial charge in [0.25, 0.3) is 0 Å². The summed E-state index contributed by atoms with van der Waals surface area (Å²) in [6.45, 7) is 17.9. The van der Waals surface area contributed by atoms with Crippen LogP contribution in [0.15, 0.2) is 11.1 Å². The zero-order chi connectivity index (χ0) is 24.6. The maximum absolute atomic E-state index is 12.8. The van der Waals surface area contributed by atoms with Crippen molar-refractivity contribution < 1.29 is 15.0 Å². The molecule has 4 aliphatic rings. The third-order valence-corrected chi connectivity index (χ3v) is 12.0. The number of hydrogen-bond donors (Lipinski definition) is 2. The lowest BCUT2D eigenvalue weighted by atomic mass is 9.43. The van der Waals surface area contributed by atoms with E-state index in [0.29, 0.717) is 35.4 Å². The van der Waals surface area contributed by atoms with Crippen LogP contribution in [0.3, 0.4) is 0 Å². The average molecular weight is 459 g/mol. The van der Waals surface area contributed by atoms with Crippen LogP contribution in [0.4, 0.5) is 0 Å². The smallest absolute Gasteiger partial charge is 0.138 e. The molecule has 0 saturated heterocycles. The predicted molar refractivity (Wildman–Crippen MR) is 135 cm³/mol. The van der Waals surface area contributed by atoms with Crippen LogP contribution < -0.4 is 0 Å². The number of allylic oxidation sites excluding steroid dienone is 2. The fraction of sp³-hybridized carbons (Fsp3) is 0.900. The predicted octanol–water partition coefficient (Wildman–Crippen LogP) is 6.85. The monoisotopic (exact) mass is 458 g/mol. The van der Waals surface area contributed by atoms with Gasteiger partial charge in [0.1, 0.15) is 5.78 Å². The second-order valence-electron chi connectivity index (χ2n) is 14.2. The summed E-state index contributed by atoms with van der Waals surface area (Å²) in [5, 5.41) is 20.6. The Morgan fingerprint density at radius 1 is 0.939 bits per heavy atom. The van der Waals surface area contributed by atoms with Gasteiger partial charge in [-0.1, -0.05) is 52.7 Å². The molecule has 2 saturated carbocycles. The van der Waals surface area contributed by atoms with Crippen LogP contribution in [-0.2, 0) is 4.79 Å². The maximum atomic E-state index is 12.8. The Bertz CT molecular complexity index is 832. The molecule has 0 amide bonds. The summed E-state index contributed by atoms with van der Waals surface area (Å²) in [5.74, 6) is 2.18. The van der Waals surface area contributed by atoms with Crippen molar-refractivity contribution in [1.82, 2.24) is 0 Å². The van der Waals surface area contributed by atoms with Gasteiger partial charge in [-0.05, 0) is 106 Å². The fourth-order valence-electron chi connectivity index (χ4n) is 9.42. The Labute approximate surface area is 202 Å². The molecule has 2 fully saturated rings. The molecular weight excluding hydrogens is 408 g/mol. The van der Waals surface area contributed by atoms with Crippen molar-refractivity contribution in [3.63, 3.8) is 0 Å². The van der Waals surface area contributed by atoms with E-state index in [4.69, 9.17) is 0 Å². The molecule has 0 bridgehead atoms. The minimum absolute atomic E-state index is 0.190. The van der Waals surface area contributed by atoms with Crippen molar-refractivity contribution in [3.05, 3.63) is 11.1 Å². The van der Waals surface area contributed by atoms with Gasteiger partial charge in [-0.2, -0.15) is 0 Å². The van der Waals surface area contributed by atoms with Gasteiger partial charge in [-0.15, -0.1) is 0 Å². The summed E-state index contributed by atoms with van der Waals surface area (Å²) in [5.41, 5.74) is 3.04. The van der Waals surface area contributed by atoms with Crippen LogP contribution in [0.1, 0.15) is 120 Å². The number of ketones is 1. The van der Waals surface area contributed by atoms with Gasteiger partial charge in [0.2, 0.25) is 0 Å².